The Balaban J connectivity index is 2.16. The maximum absolute atomic E-state index is 6.28. The quantitative estimate of drug-likeness (QED) is 0.828. The number of benzene rings is 1. The van der Waals surface area contributed by atoms with E-state index in [1.54, 1.807) is 0 Å². The molecule has 110 valence electrons. The molecule has 0 fully saturated rings. The molecule has 0 aromatic heterocycles. The fourth-order valence-corrected chi connectivity index (χ4v) is 2.98. The largest absolute Gasteiger partial charge is 0.501 e. The fraction of sp³-hybridized carbons (Fsp3) is 0.500. The van der Waals surface area contributed by atoms with Crippen molar-refractivity contribution in [3.8, 4) is 0 Å². The summed E-state index contributed by atoms with van der Waals surface area (Å²) in [5, 5.41) is 5.05. The predicted molar refractivity (Wildman–Crippen MR) is 85.5 cm³/mol. The molecule has 1 aliphatic heterocycles. The van der Waals surface area contributed by atoms with E-state index in [0.29, 0.717) is 0 Å². The van der Waals surface area contributed by atoms with Crippen LogP contribution in [-0.2, 0) is 11.2 Å². The first-order chi connectivity index (χ1) is 9.72. The number of rotatable bonds is 6. The van der Waals surface area contributed by atoms with E-state index in [4.69, 9.17) is 27.9 Å². The van der Waals surface area contributed by atoms with Crippen molar-refractivity contribution >= 4 is 23.2 Å². The zero-order valence-corrected chi connectivity index (χ0v) is 13.3. The normalized spacial score (nSPS) is 16.4. The standard InChI is InChI=1S/C16H21Cl2NO/c1-2-8-19-16(12-5-4-9-20-11-12)10-13-14(17)6-3-7-15(13)18/h3,6-7,11,16,19H,2,4-5,8-10H2,1H3. The Bertz CT molecular complexity index is 453. The van der Waals surface area contributed by atoms with E-state index in [0.717, 1.165) is 54.4 Å². The van der Waals surface area contributed by atoms with Gasteiger partial charge in [-0.05, 0) is 55.5 Å². The van der Waals surface area contributed by atoms with Gasteiger partial charge in [0.05, 0.1) is 12.9 Å². The fourth-order valence-electron chi connectivity index (χ4n) is 2.43. The van der Waals surface area contributed by atoms with Crippen LogP contribution in [0, 0.1) is 0 Å². The number of halogens is 2. The Morgan fingerprint density at radius 2 is 2.05 bits per heavy atom. The van der Waals surface area contributed by atoms with Crippen LogP contribution in [0.3, 0.4) is 0 Å². The Hall–Kier alpha value is -0.700. The molecular weight excluding hydrogens is 293 g/mol. The van der Waals surface area contributed by atoms with Crippen molar-refractivity contribution in [2.45, 2.75) is 38.6 Å². The van der Waals surface area contributed by atoms with Gasteiger partial charge in [-0.3, -0.25) is 0 Å². The van der Waals surface area contributed by atoms with Crippen LogP contribution in [0.25, 0.3) is 0 Å². The van der Waals surface area contributed by atoms with Gasteiger partial charge in [-0.1, -0.05) is 36.2 Å². The van der Waals surface area contributed by atoms with E-state index >= 15 is 0 Å². The van der Waals surface area contributed by atoms with Crippen LogP contribution in [-0.4, -0.2) is 19.2 Å². The van der Waals surface area contributed by atoms with E-state index in [1.165, 1.54) is 5.57 Å². The van der Waals surface area contributed by atoms with Gasteiger partial charge in [0.2, 0.25) is 0 Å². The average Bonchev–Trinajstić information content (AvgIpc) is 2.47. The predicted octanol–water partition coefficient (Wildman–Crippen LogP) is 4.60. The summed E-state index contributed by atoms with van der Waals surface area (Å²) in [5.41, 5.74) is 2.32. The third-order valence-corrected chi connectivity index (χ3v) is 4.23. The van der Waals surface area contributed by atoms with Gasteiger partial charge in [0.1, 0.15) is 0 Å². The lowest BCUT2D eigenvalue weighted by atomic mass is 9.95. The highest BCUT2D eigenvalue weighted by Crippen LogP contribution is 2.28. The summed E-state index contributed by atoms with van der Waals surface area (Å²) < 4.78 is 5.47. The third-order valence-electron chi connectivity index (χ3n) is 3.52. The van der Waals surface area contributed by atoms with Gasteiger partial charge in [-0.2, -0.15) is 0 Å². The maximum atomic E-state index is 6.28. The van der Waals surface area contributed by atoms with Crippen LogP contribution < -0.4 is 5.32 Å². The minimum atomic E-state index is 0.243. The third kappa shape index (κ3) is 4.15. The number of ether oxygens (including phenoxy) is 1. The Morgan fingerprint density at radius 1 is 1.30 bits per heavy atom. The minimum absolute atomic E-state index is 0.243. The highest BCUT2D eigenvalue weighted by atomic mass is 35.5. The molecule has 1 aromatic carbocycles. The maximum Gasteiger partial charge on any atom is 0.0876 e. The Labute approximate surface area is 131 Å². The molecule has 0 aliphatic carbocycles. The SMILES string of the molecule is CCCNC(Cc1c(Cl)cccc1Cl)C1=COCCC1. The van der Waals surface area contributed by atoms with Crippen LogP contribution in [0.1, 0.15) is 31.7 Å². The summed E-state index contributed by atoms with van der Waals surface area (Å²) in [6.45, 7) is 3.96. The van der Waals surface area contributed by atoms with E-state index in [2.05, 4.69) is 12.2 Å². The molecule has 0 radical (unpaired) electrons. The lowest BCUT2D eigenvalue weighted by Gasteiger charge is -2.25. The van der Waals surface area contributed by atoms with E-state index in [9.17, 15) is 0 Å². The molecule has 0 saturated heterocycles. The number of hydrogen-bond acceptors (Lipinski definition) is 2. The van der Waals surface area contributed by atoms with Crippen LogP contribution in [0.2, 0.25) is 10.0 Å². The van der Waals surface area contributed by atoms with E-state index in [-0.39, 0.29) is 6.04 Å². The second-order valence-corrected chi connectivity index (χ2v) is 5.89. The highest BCUT2D eigenvalue weighted by Gasteiger charge is 2.19. The van der Waals surface area contributed by atoms with Crippen molar-refractivity contribution in [3.05, 3.63) is 45.6 Å². The molecule has 1 unspecified atom stereocenters. The first-order valence-corrected chi connectivity index (χ1v) is 7.94. The smallest absolute Gasteiger partial charge is 0.0876 e. The highest BCUT2D eigenvalue weighted by molar-refractivity contribution is 6.36. The van der Waals surface area contributed by atoms with E-state index in [1.807, 2.05) is 24.5 Å². The average molecular weight is 314 g/mol. The molecule has 1 atom stereocenters. The topological polar surface area (TPSA) is 21.3 Å². The second kappa shape index (κ2) is 7.92. The Morgan fingerprint density at radius 3 is 2.65 bits per heavy atom. The molecule has 20 heavy (non-hydrogen) atoms. The first kappa shape index (κ1) is 15.7. The summed E-state index contributed by atoms with van der Waals surface area (Å²) >= 11 is 12.6. The molecule has 0 spiro atoms. The van der Waals surface area contributed by atoms with Gasteiger partial charge in [-0.15, -0.1) is 0 Å². The van der Waals surface area contributed by atoms with Gasteiger partial charge in [0.25, 0.3) is 0 Å². The zero-order valence-electron chi connectivity index (χ0n) is 11.8. The molecular formula is C16H21Cl2NO. The molecule has 0 saturated carbocycles. The second-order valence-electron chi connectivity index (χ2n) is 5.08. The van der Waals surface area contributed by atoms with Gasteiger partial charge in [0.15, 0.2) is 0 Å². The summed E-state index contributed by atoms with van der Waals surface area (Å²) in [6.07, 6.45) is 5.95. The van der Waals surface area contributed by atoms with Gasteiger partial charge in [-0.25, -0.2) is 0 Å². The molecule has 2 rings (SSSR count). The van der Waals surface area contributed by atoms with Crippen LogP contribution in [0.15, 0.2) is 30.0 Å². The lowest BCUT2D eigenvalue weighted by molar-refractivity contribution is 0.219. The Kier molecular flexibility index (Phi) is 6.21. The van der Waals surface area contributed by atoms with Gasteiger partial charge in [0, 0.05) is 16.1 Å². The monoisotopic (exact) mass is 313 g/mol. The number of hydrogen-bond donors (Lipinski definition) is 1. The first-order valence-electron chi connectivity index (χ1n) is 7.19. The summed E-state index contributed by atoms with van der Waals surface area (Å²) in [7, 11) is 0. The molecule has 2 nitrogen and oxygen atoms in total. The lowest BCUT2D eigenvalue weighted by Crippen LogP contribution is -2.34. The van der Waals surface area contributed by atoms with Crippen molar-refractivity contribution in [2.75, 3.05) is 13.2 Å². The van der Waals surface area contributed by atoms with Crippen LogP contribution in [0.4, 0.5) is 0 Å². The molecule has 0 bridgehead atoms. The van der Waals surface area contributed by atoms with Crippen molar-refractivity contribution in [1.29, 1.82) is 0 Å². The van der Waals surface area contributed by atoms with Crippen molar-refractivity contribution in [1.82, 2.24) is 5.32 Å². The van der Waals surface area contributed by atoms with Crippen molar-refractivity contribution < 1.29 is 4.74 Å². The molecule has 1 aliphatic rings. The van der Waals surface area contributed by atoms with E-state index < -0.39 is 0 Å². The molecule has 1 aromatic rings. The summed E-state index contributed by atoms with van der Waals surface area (Å²) in [5.74, 6) is 0. The van der Waals surface area contributed by atoms with Gasteiger partial charge >= 0.3 is 0 Å². The van der Waals surface area contributed by atoms with Crippen molar-refractivity contribution in [2.24, 2.45) is 0 Å². The van der Waals surface area contributed by atoms with Gasteiger partial charge < -0.3 is 10.1 Å². The van der Waals surface area contributed by atoms with Crippen LogP contribution >= 0.6 is 23.2 Å². The summed E-state index contributed by atoms with van der Waals surface area (Å²) in [6, 6.07) is 5.91. The summed E-state index contributed by atoms with van der Waals surface area (Å²) in [4.78, 5) is 0. The van der Waals surface area contributed by atoms with Crippen molar-refractivity contribution in [3.63, 3.8) is 0 Å². The zero-order chi connectivity index (χ0) is 14.4. The van der Waals surface area contributed by atoms with Crippen LogP contribution in [0.5, 0.6) is 0 Å². The minimum Gasteiger partial charge on any atom is -0.501 e. The molecule has 0 amide bonds. The number of nitrogens with one attached hydrogen (secondary N) is 1. The molecule has 4 heteroatoms. The molecule has 1 N–H and O–H groups in total. The molecule has 1 heterocycles.